The second-order valence-corrected chi connectivity index (χ2v) is 5.96. The molecule has 15 heavy (non-hydrogen) atoms. The molecule has 0 fully saturated rings. The van der Waals surface area contributed by atoms with Crippen molar-refractivity contribution in [2.75, 3.05) is 0 Å². The van der Waals surface area contributed by atoms with Crippen LogP contribution < -0.4 is 0 Å². The molecule has 0 saturated carbocycles. The number of allylic oxidation sites excluding steroid dienone is 4. The summed E-state index contributed by atoms with van der Waals surface area (Å²) in [7, 11) is 0. The first-order chi connectivity index (χ1) is 6.72. The van der Waals surface area contributed by atoms with Crippen molar-refractivity contribution in [3.8, 4) is 0 Å². The van der Waals surface area contributed by atoms with E-state index in [9.17, 15) is 0 Å². The Bertz CT molecular complexity index is 314. The van der Waals surface area contributed by atoms with Crippen LogP contribution in [0.25, 0.3) is 0 Å². The number of aliphatic imine (C=N–C) groups is 1. The van der Waals surface area contributed by atoms with Gasteiger partial charge in [0.15, 0.2) is 0 Å². The normalized spacial score (nSPS) is 31.3. The zero-order valence-corrected chi connectivity index (χ0v) is 10.8. The summed E-state index contributed by atoms with van der Waals surface area (Å²) in [5, 5.41) is 0. The van der Waals surface area contributed by atoms with E-state index < -0.39 is 0 Å². The number of hydrogen-bond acceptors (Lipinski definition) is 1. The Hall–Kier alpha value is -0.850. The van der Waals surface area contributed by atoms with E-state index in [4.69, 9.17) is 0 Å². The molecule has 1 aliphatic heterocycles. The maximum absolute atomic E-state index is 4.62. The number of rotatable bonds is 1. The summed E-state index contributed by atoms with van der Waals surface area (Å²) < 4.78 is 0. The zero-order chi connectivity index (χ0) is 11.7. The number of nitrogens with zero attached hydrogens (tertiary/aromatic N) is 1. The van der Waals surface area contributed by atoms with Crippen molar-refractivity contribution >= 4 is 6.21 Å². The fraction of sp³-hybridized carbons (Fsp3) is 0.643. The second kappa shape index (κ2) is 3.96. The molecule has 0 N–H and O–H groups in total. The van der Waals surface area contributed by atoms with E-state index in [2.05, 4.69) is 64.8 Å². The molecule has 0 aromatic heterocycles. The maximum atomic E-state index is 4.62. The molecule has 0 spiro atoms. The summed E-state index contributed by atoms with van der Waals surface area (Å²) in [5.41, 5.74) is 1.36. The van der Waals surface area contributed by atoms with Crippen LogP contribution in [-0.4, -0.2) is 6.21 Å². The van der Waals surface area contributed by atoms with Crippen LogP contribution in [0.3, 0.4) is 0 Å². The summed E-state index contributed by atoms with van der Waals surface area (Å²) in [4.78, 5) is 4.62. The van der Waals surface area contributed by atoms with Crippen LogP contribution in [0.5, 0.6) is 0 Å². The van der Waals surface area contributed by atoms with E-state index in [1.807, 2.05) is 6.21 Å². The standard InChI is InChI=1S/C14H23N/c1-11(2)12-9-13(3,4)7-8-14(5,6)10-15-12/h7-11H,1-6H3/b8-7-,12-9-,15-10-. The molecule has 0 unspecified atom stereocenters. The number of hydrogen-bond donors (Lipinski definition) is 0. The Balaban J connectivity index is 3.16. The van der Waals surface area contributed by atoms with Crippen LogP contribution >= 0.6 is 0 Å². The minimum atomic E-state index is 0.0612. The smallest absolute Gasteiger partial charge is 0.0394 e. The Morgan fingerprint density at radius 1 is 1.00 bits per heavy atom. The summed E-state index contributed by atoms with van der Waals surface area (Å²) in [6.07, 6.45) is 8.83. The lowest BCUT2D eigenvalue weighted by Crippen LogP contribution is -2.16. The summed E-state index contributed by atoms with van der Waals surface area (Å²) >= 11 is 0. The summed E-state index contributed by atoms with van der Waals surface area (Å²) in [6, 6.07) is 0. The van der Waals surface area contributed by atoms with Gasteiger partial charge in [-0.3, -0.25) is 4.99 Å². The van der Waals surface area contributed by atoms with Crippen LogP contribution in [0.1, 0.15) is 41.5 Å². The molecule has 0 bridgehead atoms. The van der Waals surface area contributed by atoms with Gasteiger partial charge in [0.1, 0.15) is 0 Å². The van der Waals surface area contributed by atoms with E-state index in [1.165, 1.54) is 5.70 Å². The molecule has 1 rings (SSSR count). The van der Waals surface area contributed by atoms with Crippen LogP contribution in [0.15, 0.2) is 28.9 Å². The maximum Gasteiger partial charge on any atom is 0.0394 e. The predicted molar refractivity (Wildman–Crippen MR) is 68.1 cm³/mol. The molecule has 84 valence electrons. The fourth-order valence-electron chi connectivity index (χ4n) is 1.50. The highest BCUT2D eigenvalue weighted by atomic mass is 14.8. The van der Waals surface area contributed by atoms with Gasteiger partial charge in [0.25, 0.3) is 0 Å². The first-order valence-corrected chi connectivity index (χ1v) is 5.70. The zero-order valence-electron chi connectivity index (χ0n) is 10.8. The van der Waals surface area contributed by atoms with Gasteiger partial charge in [-0.05, 0) is 5.92 Å². The van der Waals surface area contributed by atoms with E-state index in [0.29, 0.717) is 5.92 Å². The van der Waals surface area contributed by atoms with E-state index in [0.717, 1.165) is 0 Å². The SMILES string of the molecule is CC(C)C1=C/C(C)(C)/C=C\C(C)(C)/C=N\1. The van der Waals surface area contributed by atoms with Crippen molar-refractivity contribution in [2.24, 2.45) is 21.7 Å². The Kier molecular flexibility index (Phi) is 3.22. The average Bonchev–Trinajstić information content (AvgIpc) is 2.07. The predicted octanol–water partition coefficient (Wildman–Crippen LogP) is 4.22. The third-order valence-corrected chi connectivity index (χ3v) is 2.60. The van der Waals surface area contributed by atoms with Crippen molar-refractivity contribution in [1.82, 2.24) is 0 Å². The third-order valence-electron chi connectivity index (χ3n) is 2.60. The molecular weight excluding hydrogens is 182 g/mol. The minimum Gasteiger partial charge on any atom is -0.265 e. The van der Waals surface area contributed by atoms with Gasteiger partial charge in [-0.15, -0.1) is 0 Å². The van der Waals surface area contributed by atoms with Gasteiger partial charge in [-0.1, -0.05) is 59.8 Å². The van der Waals surface area contributed by atoms with E-state index in [-0.39, 0.29) is 10.8 Å². The van der Waals surface area contributed by atoms with E-state index >= 15 is 0 Å². The molecule has 1 heteroatoms. The van der Waals surface area contributed by atoms with Crippen molar-refractivity contribution in [1.29, 1.82) is 0 Å². The van der Waals surface area contributed by atoms with Crippen molar-refractivity contribution in [3.05, 3.63) is 23.9 Å². The van der Waals surface area contributed by atoms with Gasteiger partial charge < -0.3 is 0 Å². The van der Waals surface area contributed by atoms with Crippen molar-refractivity contribution < 1.29 is 0 Å². The molecule has 1 nitrogen and oxygen atoms in total. The lowest BCUT2D eigenvalue weighted by Gasteiger charge is -2.24. The minimum absolute atomic E-state index is 0.0612. The largest absolute Gasteiger partial charge is 0.265 e. The van der Waals surface area contributed by atoms with E-state index in [1.54, 1.807) is 0 Å². The molecule has 1 aliphatic rings. The summed E-state index contributed by atoms with van der Waals surface area (Å²) in [5.74, 6) is 0.489. The highest BCUT2D eigenvalue weighted by Gasteiger charge is 2.19. The Morgan fingerprint density at radius 2 is 1.53 bits per heavy atom. The van der Waals surface area contributed by atoms with Gasteiger partial charge >= 0.3 is 0 Å². The molecule has 0 atom stereocenters. The molecule has 0 amide bonds. The fourth-order valence-corrected chi connectivity index (χ4v) is 1.50. The molecule has 0 aliphatic carbocycles. The van der Waals surface area contributed by atoms with Crippen molar-refractivity contribution in [3.63, 3.8) is 0 Å². The van der Waals surface area contributed by atoms with Gasteiger partial charge in [-0.2, -0.15) is 0 Å². The highest BCUT2D eigenvalue weighted by molar-refractivity contribution is 5.69. The van der Waals surface area contributed by atoms with Crippen molar-refractivity contribution in [2.45, 2.75) is 41.5 Å². The van der Waals surface area contributed by atoms with Gasteiger partial charge in [0.2, 0.25) is 0 Å². The lowest BCUT2D eigenvalue weighted by molar-refractivity contribution is 0.577. The highest BCUT2D eigenvalue weighted by Crippen LogP contribution is 2.29. The van der Waals surface area contributed by atoms with Crippen LogP contribution in [0, 0.1) is 16.7 Å². The third kappa shape index (κ3) is 3.65. The molecule has 0 aromatic carbocycles. The molecule has 0 aromatic rings. The lowest BCUT2D eigenvalue weighted by atomic mass is 9.84. The average molecular weight is 205 g/mol. The molecule has 1 heterocycles. The van der Waals surface area contributed by atoms with Gasteiger partial charge in [0, 0.05) is 22.7 Å². The second-order valence-electron chi connectivity index (χ2n) is 5.96. The van der Waals surface area contributed by atoms with Crippen LogP contribution in [0.4, 0.5) is 0 Å². The molecular formula is C14H23N. The monoisotopic (exact) mass is 205 g/mol. The Morgan fingerprint density at radius 3 is 2.07 bits per heavy atom. The first-order valence-electron chi connectivity index (χ1n) is 5.70. The summed E-state index contributed by atoms with van der Waals surface area (Å²) in [6.45, 7) is 13.2. The topological polar surface area (TPSA) is 12.4 Å². The molecule has 0 saturated heterocycles. The Labute approximate surface area is 94.0 Å². The van der Waals surface area contributed by atoms with Gasteiger partial charge in [-0.25, -0.2) is 0 Å². The van der Waals surface area contributed by atoms with Gasteiger partial charge in [0.05, 0.1) is 0 Å². The van der Waals surface area contributed by atoms with Crippen LogP contribution in [-0.2, 0) is 0 Å². The quantitative estimate of drug-likeness (QED) is 0.568. The molecule has 0 radical (unpaired) electrons. The first kappa shape index (κ1) is 12.2. The van der Waals surface area contributed by atoms with Crippen LogP contribution in [0.2, 0.25) is 0 Å².